The SMILES string of the molecule is Cc1ccc2n1CCN=C2C(F)(F)F. The first-order valence-corrected chi connectivity index (χ1v) is 4.28. The molecule has 1 aromatic heterocycles. The van der Waals surface area contributed by atoms with Crippen molar-refractivity contribution in [3.63, 3.8) is 0 Å². The Bertz CT molecular complexity index is 387. The van der Waals surface area contributed by atoms with Crippen LogP contribution in [0.5, 0.6) is 0 Å². The summed E-state index contributed by atoms with van der Waals surface area (Å²) in [6.45, 7) is 2.54. The first-order chi connectivity index (χ1) is 6.50. The monoisotopic (exact) mass is 202 g/mol. The molecule has 0 aliphatic carbocycles. The standard InChI is InChI=1S/C9H9F3N2/c1-6-2-3-7-8(9(10,11)12)13-4-5-14(6)7/h2-3H,4-5H2,1H3. The zero-order chi connectivity index (χ0) is 10.3. The zero-order valence-electron chi connectivity index (χ0n) is 7.60. The van der Waals surface area contributed by atoms with Gasteiger partial charge in [0, 0.05) is 12.2 Å². The summed E-state index contributed by atoms with van der Waals surface area (Å²) in [6.07, 6.45) is -4.34. The highest BCUT2D eigenvalue weighted by molar-refractivity contribution is 6.04. The molecule has 0 saturated carbocycles. The Kier molecular flexibility index (Phi) is 1.90. The van der Waals surface area contributed by atoms with E-state index in [0.29, 0.717) is 6.54 Å². The molecule has 0 unspecified atom stereocenters. The third-order valence-corrected chi connectivity index (χ3v) is 2.30. The number of aryl methyl sites for hydroxylation is 1. The lowest BCUT2D eigenvalue weighted by molar-refractivity contribution is -0.0588. The largest absolute Gasteiger partial charge is 0.435 e. The van der Waals surface area contributed by atoms with Crippen LogP contribution in [-0.2, 0) is 6.54 Å². The molecule has 5 heteroatoms. The highest BCUT2D eigenvalue weighted by Gasteiger charge is 2.39. The van der Waals surface area contributed by atoms with Crippen LogP contribution < -0.4 is 0 Å². The van der Waals surface area contributed by atoms with E-state index in [1.165, 1.54) is 6.07 Å². The van der Waals surface area contributed by atoms with Crippen molar-refractivity contribution in [1.29, 1.82) is 0 Å². The Hall–Kier alpha value is -1.26. The van der Waals surface area contributed by atoms with E-state index in [2.05, 4.69) is 4.99 Å². The third kappa shape index (κ3) is 1.32. The number of aliphatic imine (C=N–C) groups is 1. The number of alkyl halides is 3. The fraction of sp³-hybridized carbons (Fsp3) is 0.444. The van der Waals surface area contributed by atoms with Gasteiger partial charge in [-0.3, -0.25) is 4.99 Å². The summed E-state index contributed by atoms with van der Waals surface area (Å²) in [5, 5.41) is 0. The normalized spacial score (nSPS) is 16.4. The van der Waals surface area contributed by atoms with Gasteiger partial charge < -0.3 is 4.57 Å². The number of halogens is 3. The fourth-order valence-electron chi connectivity index (χ4n) is 1.65. The van der Waals surface area contributed by atoms with Crippen LogP contribution in [0.3, 0.4) is 0 Å². The average Bonchev–Trinajstić information content (AvgIpc) is 2.46. The van der Waals surface area contributed by atoms with Crippen molar-refractivity contribution in [3.8, 4) is 0 Å². The number of nitrogens with zero attached hydrogens (tertiary/aromatic N) is 2. The van der Waals surface area contributed by atoms with Crippen LogP contribution in [0.15, 0.2) is 17.1 Å². The second-order valence-corrected chi connectivity index (χ2v) is 3.24. The van der Waals surface area contributed by atoms with Gasteiger partial charge in [0.05, 0.1) is 12.2 Å². The molecule has 2 rings (SSSR count). The number of hydrogen-bond acceptors (Lipinski definition) is 1. The van der Waals surface area contributed by atoms with Crippen LogP contribution in [0.2, 0.25) is 0 Å². The van der Waals surface area contributed by atoms with Gasteiger partial charge in [-0.1, -0.05) is 0 Å². The Morgan fingerprint density at radius 1 is 1.36 bits per heavy atom. The van der Waals surface area contributed by atoms with Crippen molar-refractivity contribution >= 4 is 5.71 Å². The maximum absolute atomic E-state index is 12.5. The van der Waals surface area contributed by atoms with E-state index >= 15 is 0 Å². The maximum Gasteiger partial charge on any atom is 0.435 e. The minimum atomic E-state index is -4.34. The molecule has 0 bridgehead atoms. The number of aromatic nitrogens is 1. The van der Waals surface area contributed by atoms with Crippen LogP contribution in [0.4, 0.5) is 13.2 Å². The van der Waals surface area contributed by atoms with Gasteiger partial charge in [-0.15, -0.1) is 0 Å². The van der Waals surface area contributed by atoms with Crippen molar-refractivity contribution in [1.82, 2.24) is 4.57 Å². The van der Waals surface area contributed by atoms with Gasteiger partial charge in [-0.05, 0) is 19.1 Å². The maximum atomic E-state index is 12.5. The number of rotatable bonds is 0. The Morgan fingerprint density at radius 3 is 2.71 bits per heavy atom. The Morgan fingerprint density at radius 2 is 2.07 bits per heavy atom. The van der Waals surface area contributed by atoms with E-state index in [1.54, 1.807) is 17.6 Å². The lowest BCUT2D eigenvalue weighted by Crippen LogP contribution is -2.30. The second kappa shape index (κ2) is 2.87. The summed E-state index contributed by atoms with van der Waals surface area (Å²) < 4.78 is 39.1. The predicted molar refractivity (Wildman–Crippen MR) is 46.6 cm³/mol. The van der Waals surface area contributed by atoms with E-state index < -0.39 is 11.9 Å². The summed E-state index contributed by atoms with van der Waals surface area (Å²) >= 11 is 0. The number of hydrogen-bond donors (Lipinski definition) is 0. The number of fused-ring (bicyclic) bond motifs is 1. The molecular formula is C9H9F3N2. The van der Waals surface area contributed by atoms with E-state index in [1.807, 2.05) is 0 Å². The molecule has 1 aliphatic rings. The molecule has 0 saturated heterocycles. The van der Waals surface area contributed by atoms with Crippen molar-refractivity contribution < 1.29 is 13.2 Å². The molecule has 0 radical (unpaired) electrons. The third-order valence-electron chi connectivity index (χ3n) is 2.30. The van der Waals surface area contributed by atoms with E-state index in [0.717, 1.165) is 5.69 Å². The topological polar surface area (TPSA) is 17.3 Å². The predicted octanol–water partition coefficient (Wildman–Crippen LogP) is 2.16. The molecule has 2 nitrogen and oxygen atoms in total. The summed E-state index contributed by atoms with van der Waals surface area (Å²) in [5.41, 5.74) is 0.273. The van der Waals surface area contributed by atoms with E-state index in [4.69, 9.17) is 0 Å². The van der Waals surface area contributed by atoms with E-state index in [9.17, 15) is 13.2 Å². The lowest BCUT2D eigenvalue weighted by atomic mass is 10.2. The van der Waals surface area contributed by atoms with Crippen LogP contribution in [0.25, 0.3) is 0 Å². The molecule has 0 spiro atoms. The van der Waals surface area contributed by atoms with E-state index in [-0.39, 0.29) is 12.2 Å². The lowest BCUT2D eigenvalue weighted by Gasteiger charge is -2.19. The fourth-order valence-corrected chi connectivity index (χ4v) is 1.65. The summed E-state index contributed by atoms with van der Waals surface area (Å²) in [7, 11) is 0. The summed E-state index contributed by atoms with van der Waals surface area (Å²) in [6, 6.07) is 3.16. The minimum Gasteiger partial charge on any atom is -0.342 e. The van der Waals surface area contributed by atoms with Gasteiger partial charge in [0.25, 0.3) is 0 Å². The van der Waals surface area contributed by atoms with Crippen molar-refractivity contribution in [2.24, 2.45) is 4.99 Å². The van der Waals surface area contributed by atoms with Gasteiger partial charge in [-0.25, -0.2) is 0 Å². The minimum absolute atomic E-state index is 0.182. The average molecular weight is 202 g/mol. The van der Waals surface area contributed by atoms with Gasteiger partial charge in [0.15, 0.2) is 5.71 Å². The molecule has 0 fully saturated rings. The Balaban J connectivity index is 2.51. The molecule has 1 aliphatic heterocycles. The van der Waals surface area contributed by atoms with Gasteiger partial charge >= 0.3 is 6.18 Å². The Labute approximate surface area is 79.1 Å². The smallest absolute Gasteiger partial charge is 0.342 e. The van der Waals surface area contributed by atoms with Gasteiger partial charge in [0.1, 0.15) is 0 Å². The molecule has 0 atom stereocenters. The molecule has 14 heavy (non-hydrogen) atoms. The highest BCUT2D eigenvalue weighted by Crippen LogP contribution is 2.26. The highest BCUT2D eigenvalue weighted by atomic mass is 19.4. The van der Waals surface area contributed by atoms with Gasteiger partial charge in [-0.2, -0.15) is 13.2 Å². The first kappa shape index (κ1) is 9.30. The summed E-state index contributed by atoms with van der Waals surface area (Å²) in [5.74, 6) is 0. The van der Waals surface area contributed by atoms with Crippen LogP contribution >= 0.6 is 0 Å². The molecule has 2 heterocycles. The van der Waals surface area contributed by atoms with Crippen LogP contribution in [-0.4, -0.2) is 23.0 Å². The molecule has 76 valence electrons. The van der Waals surface area contributed by atoms with Gasteiger partial charge in [0.2, 0.25) is 0 Å². The first-order valence-electron chi connectivity index (χ1n) is 4.28. The van der Waals surface area contributed by atoms with Crippen LogP contribution in [0, 0.1) is 6.92 Å². The zero-order valence-corrected chi connectivity index (χ0v) is 7.60. The van der Waals surface area contributed by atoms with Crippen LogP contribution in [0.1, 0.15) is 11.4 Å². The molecule has 0 N–H and O–H groups in total. The van der Waals surface area contributed by atoms with Crippen molar-refractivity contribution in [3.05, 3.63) is 23.5 Å². The molecule has 0 amide bonds. The van der Waals surface area contributed by atoms with Crippen molar-refractivity contribution in [2.45, 2.75) is 19.6 Å². The van der Waals surface area contributed by atoms with Crippen molar-refractivity contribution in [2.75, 3.05) is 6.54 Å². The quantitative estimate of drug-likeness (QED) is 0.613. The molecule has 0 aromatic carbocycles. The second-order valence-electron chi connectivity index (χ2n) is 3.24. The summed E-state index contributed by atoms with van der Waals surface area (Å²) in [4.78, 5) is 3.53. The molecular weight excluding hydrogens is 193 g/mol. The molecule has 1 aromatic rings.